The molecule has 0 amide bonds. The Hall–Kier alpha value is -0.120. The minimum atomic E-state index is 0.502. The molecule has 0 spiro atoms. The fourth-order valence-electron chi connectivity index (χ4n) is 2.35. The van der Waals surface area contributed by atoms with E-state index in [9.17, 15) is 0 Å². The summed E-state index contributed by atoms with van der Waals surface area (Å²) in [6.07, 6.45) is 0.502. The van der Waals surface area contributed by atoms with Gasteiger partial charge in [-0.1, -0.05) is 6.92 Å². The van der Waals surface area contributed by atoms with Gasteiger partial charge in [0, 0.05) is 25.0 Å². The summed E-state index contributed by atoms with van der Waals surface area (Å²) >= 11 is 0. The molecule has 3 heteroatoms. The second-order valence-corrected chi connectivity index (χ2v) is 3.78. The molecule has 2 saturated heterocycles. The Labute approximate surface area is 74.1 Å². The summed E-state index contributed by atoms with van der Waals surface area (Å²) in [5.74, 6) is 0.731. The SMILES string of the molecule is CCN1CC2OCC(NC)C2C1. The van der Waals surface area contributed by atoms with E-state index in [2.05, 4.69) is 17.1 Å². The number of fused-ring (bicyclic) bond motifs is 1. The highest BCUT2D eigenvalue weighted by molar-refractivity contribution is 4.95. The molecule has 0 radical (unpaired) electrons. The summed E-state index contributed by atoms with van der Waals surface area (Å²) in [5, 5.41) is 3.33. The van der Waals surface area contributed by atoms with E-state index < -0.39 is 0 Å². The Kier molecular flexibility index (Phi) is 2.35. The van der Waals surface area contributed by atoms with Crippen molar-refractivity contribution in [3.05, 3.63) is 0 Å². The Morgan fingerprint density at radius 3 is 3.00 bits per heavy atom. The minimum Gasteiger partial charge on any atom is -0.375 e. The molecule has 0 saturated carbocycles. The van der Waals surface area contributed by atoms with Gasteiger partial charge >= 0.3 is 0 Å². The topological polar surface area (TPSA) is 24.5 Å². The van der Waals surface area contributed by atoms with Crippen LogP contribution in [0.1, 0.15) is 6.92 Å². The maximum absolute atomic E-state index is 5.71. The monoisotopic (exact) mass is 170 g/mol. The van der Waals surface area contributed by atoms with Crippen LogP contribution in [0.4, 0.5) is 0 Å². The van der Waals surface area contributed by atoms with E-state index in [0.29, 0.717) is 12.1 Å². The number of likely N-dealkylation sites (N-methyl/N-ethyl adjacent to an activating group) is 2. The fraction of sp³-hybridized carbons (Fsp3) is 1.00. The lowest BCUT2D eigenvalue weighted by atomic mass is 10.0. The zero-order chi connectivity index (χ0) is 8.55. The van der Waals surface area contributed by atoms with Crippen molar-refractivity contribution in [2.45, 2.75) is 19.1 Å². The van der Waals surface area contributed by atoms with Gasteiger partial charge < -0.3 is 15.0 Å². The van der Waals surface area contributed by atoms with Crippen LogP contribution in [-0.2, 0) is 4.74 Å². The molecule has 0 aliphatic carbocycles. The quantitative estimate of drug-likeness (QED) is 0.627. The first-order valence-electron chi connectivity index (χ1n) is 4.86. The van der Waals surface area contributed by atoms with Crippen molar-refractivity contribution < 1.29 is 4.74 Å². The molecule has 0 bridgehead atoms. The molecule has 2 fully saturated rings. The molecule has 3 unspecified atom stereocenters. The molecule has 1 N–H and O–H groups in total. The standard InChI is InChI=1S/C9H18N2O/c1-3-11-4-7-8(10-2)6-12-9(7)5-11/h7-10H,3-6H2,1-2H3. The predicted molar refractivity (Wildman–Crippen MR) is 48.2 cm³/mol. The van der Waals surface area contributed by atoms with E-state index in [1.54, 1.807) is 0 Å². The van der Waals surface area contributed by atoms with E-state index in [1.807, 2.05) is 7.05 Å². The molecule has 70 valence electrons. The number of nitrogens with one attached hydrogen (secondary N) is 1. The Bertz CT molecular complexity index is 163. The second kappa shape index (κ2) is 3.32. The van der Waals surface area contributed by atoms with Crippen LogP contribution in [0.2, 0.25) is 0 Å². The van der Waals surface area contributed by atoms with Gasteiger partial charge in [0.25, 0.3) is 0 Å². The predicted octanol–water partition coefficient (Wildman–Crippen LogP) is -0.0751. The summed E-state index contributed by atoms with van der Waals surface area (Å²) in [6.45, 7) is 6.64. The number of nitrogens with zero attached hydrogens (tertiary/aromatic N) is 1. The summed E-state index contributed by atoms with van der Waals surface area (Å²) in [7, 11) is 2.03. The van der Waals surface area contributed by atoms with Crippen LogP contribution in [0.3, 0.4) is 0 Å². The van der Waals surface area contributed by atoms with Crippen LogP contribution in [-0.4, -0.2) is 50.3 Å². The third-order valence-corrected chi connectivity index (χ3v) is 3.21. The van der Waals surface area contributed by atoms with Gasteiger partial charge in [0.2, 0.25) is 0 Å². The maximum atomic E-state index is 5.71. The molecule has 3 nitrogen and oxygen atoms in total. The summed E-state index contributed by atoms with van der Waals surface area (Å²) < 4.78 is 5.71. The Morgan fingerprint density at radius 2 is 2.33 bits per heavy atom. The Morgan fingerprint density at radius 1 is 1.50 bits per heavy atom. The van der Waals surface area contributed by atoms with Gasteiger partial charge in [-0.15, -0.1) is 0 Å². The minimum absolute atomic E-state index is 0.502. The average Bonchev–Trinajstić information content (AvgIpc) is 2.61. The lowest BCUT2D eigenvalue weighted by molar-refractivity contribution is 0.0979. The van der Waals surface area contributed by atoms with Gasteiger partial charge in [0.05, 0.1) is 12.7 Å². The third-order valence-electron chi connectivity index (χ3n) is 3.21. The van der Waals surface area contributed by atoms with Crippen LogP contribution in [0.5, 0.6) is 0 Å². The van der Waals surface area contributed by atoms with Crippen molar-refractivity contribution in [3.8, 4) is 0 Å². The molecular formula is C9H18N2O. The van der Waals surface area contributed by atoms with E-state index >= 15 is 0 Å². The number of rotatable bonds is 2. The van der Waals surface area contributed by atoms with Crippen molar-refractivity contribution in [2.75, 3.05) is 33.3 Å². The number of likely N-dealkylation sites (tertiary alicyclic amines) is 1. The molecule has 2 rings (SSSR count). The van der Waals surface area contributed by atoms with Crippen molar-refractivity contribution in [1.82, 2.24) is 10.2 Å². The highest BCUT2D eigenvalue weighted by atomic mass is 16.5. The van der Waals surface area contributed by atoms with Gasteiger partial charge in [-0.2, -0.15) is 0 Å². The smallest absolute Gasteiger partial charge is 0.0758 e. The van der Waals surface area contributed by atoms with E-state index in [1.165, 1.54) is 6.54 Å². The zero-order valence-electron chi connectivity index (χ0n) is 7.92. The third kappa shape index (κ3) is 1.26. The molecule has 0 aromatic heterocycles. The summed E-state index contributed by atoms with van der Waals surface area (Å²) in [6, 6.07) is 0.589. The normalized spacial score (nSPS) is 42.0. The highest BCUT2D eigenvalue weighted by Gasteiger charge is 2.42. The largest absolute Gasteiger partial charge is 0.375 e. The van der Waals surface area contributed by atoms with Crippen molar-refractivity contribution in [3.63, 3.8) is 0 Å². The first-order chi connectivity index (χ1) is 5.85. The van der Waals surface area contributed by atoms with Crippen LogP contribution in [0, 0.1) is 5.92 Å². The summed E-state index contributed by atoms with van der Waals surface area (Å²) in [4.78, 5) is 2.47. The second-order valence-electron chi connectivity index (χ2n) is 3.78. The molecular weight excluding hydrogens is 152 g/mol. The van der Waals surface area contributed by atoms with Crippen LogP contribution < -0.4 is 5.32 Å². The first-order valence-corrected chi connectivity index (χ1v) is 4.86. The Balaban J connectivity index is 1.96. The fourth-order valence-corrected chi connectivity index (χ4v) is 2.35. The molecule has 12 heavy (non-hydrogen) atoms. The summed E-state index contributed by atoms with van der Waals surface area (Å²) in [5.41, 5.74) is 0. The van der Waals surface area contributed by atoms with Crippen LogP contribution >= 0.6 is 0 Å². The van der Waals surface area contributed by atoms with Crippen molar-refractivity contribution in [2.24, 2.45) is 5.92 Å². The van der Waals surface area contributed by atoms with Crippen molar-refractivity contribution >= 4 is 0 Å². The van der Waals surface area contributed by atoms with Gasteiger partial charge in [-0.3, -0.25) is 0 Å². The molecule has 2 heterocycles. The number of hydrogen-bond acceptors (Lipinski definition) is 3. The lowest BCUT2D eigenvalue weighted by Gasteiger charge is -2.17. The number of ether oxygens (including phenoxy) is 1. The van der Waals surface area contributed by atoms with E-state index in [0.717, 1.165) is 25.6 Å². The van der Waals surface area contributed by atoms with Gasteiger partial charge in [0.15, 0.2) is 0 Å². The average molecular weight is 170 g/mol. The lowest BCUT2D eigenvalue weighted by Crippen LogP contribution is -2.35. The van der Waals surface area contributed by atoms with Crippen LogP contribution in [0.25, 0.3) is 0 Å². The number of hydrogen-bond donors (Lipinski definition) is 1. The van der Waals surface area contributed by atoms with Gasteiger partial charge in [-0.05, 0) is 13.6 Å². The molecule has 2 aliphatic heterocycles. The van der Waals surface area contributed by atoms with Crippen molar-refractivity contribution in [1.29, 1.82) is 0 Å². The van der Waals surface area contributed by atoms with Gasteiger partial charge in [0.1, 0.15) is 0 Å². The molecule has 0 aromatic carbocycles. The van der Waals surface area contributed by atoms with Gasteiger partial charge in [-0.25, -0.2) is 0 Å². The highest BCUT2D eigenvalue weighted by Crippen LogP contribution is 2.28. The maximum Gasteiger partial charge on any atom is 0.0758 e. The van der Waals surface area contributed by atoms with E-state index in [-0.39, 0.29) is 0 Å². The molecule has 2 aliphatic rings. The molecule has 3 atom stereocenters. The first kappa shape index (κ1) is 8.48. The zero-order valence-corrected chi connectivity index (χ0v) is 7.92. The van der Waals surface area contributed by atoms with Crippen LogP contribution in [0.15, 0.2) is 0 Å². The van der Waals surface area contributed by atoms with E-state index in [4.69, 9.17) is 4.74 Å². The molecule has 0 aromatic rings.